The van der Waals surface area contributed by atoms with Gasteiger partial charge in [0.05, 0.1) is 31.2 Å². The molecule has 17 nitrogen and oxygen atoms in total. The summed E-state index contributed by atoms with van der Waals surface area (Å²) in [5, 5.41) is 0. The molecule has 366 valence electrons. The molecule has 6 rings (SSSR count). The van der Waals surface area contributed by atoms with Gasteiger partial charge in [0.1, 0.15) is 12.7 Å². The minimum absolute atomic E-state index is 0.0112. The third-order valence-corrected chi connectivity index (χ3v) is 12.8. The van der Waals surface area contributed by atoms with Crippen molar-refractivity contribution in [3.63, 3.8) is 0 Å². The standard InChI is InChI=1S/C51H65N5O12/c1-13-35-28(5)41-24-44-36(14-2)27(4)40(53-44)23-42-29(6)37(47(55-42)30(7)39-21-26(3)38(52-39)22-43(35)54-41)15-16-46(61)56(12)17-18-62-19-20-63-51-50(67-34(11)60)49(66-33(10)59)48(65-32(9)58)45(68-51)25-64-31(8)57/h14,21-24,29,37,45,48-53H,2,13,15-20,25H2,1,3-12H3/t29-,37-,45+,48+,49-,50+,51+/m0/s1. The first-order valence-corrected chi connectivity index (χ1v) is 23.1. The molecule has 7 atom stereocenters. The van der Waals surface area contributed by atoms with E-state index < -0.39 is 54.6 Å². The maximum Gasteiger partial charge on any atom is 0.303 e. The number of hydrogen-bond acceptors (Lipinski definition) is 14. The quantitative estimate of drug-likeness (QED) is 0.0765. The second-order valence-electron chi connectivity index (χ2n) is 17.6. The number of aromatic nitrogens is 4. The third-order valence-electron chi connectivity index (χ3n) is 12.8. The summed E-state index contributed by atoms with van der Waals surface area (Å²) >= 11 is 0. The average Bonchev–Trinajstić information content (AvgIpc) is 3.98. The van der Waals surface area contributed by atoms with E-state index in [0.29, 0.717) is 13.0 Å². The fraction of sp³-hybridized carbons (Fsp3) is 0.510. The Bertz CT molecular complexity index is 2630. The molecular weight excluding hydrogens is 875 g/mol. The number of likely N-dealkylation sites (N-methyl/N-ethyl adjacent to an activating group) is 1. The summed E-state index contributed by atoms with van der Waals surface area (Å²) in [5.74, 6) is -2.92. The Balaban J connectivity index is 1.14. The molecule has 1 amide bonds. The van der Waals surface area contributed by atoms with Crippen molar-refractivity contribution in [2.24, 2.45) is 0 Å². The number of aromatic amines is 2. The summed E-state index contributed by atoms with van der Waals surface area (Å²) in [6.07, 6.45) is -2.86. The van der Waals surface area contributed by atoms with Crippen LogP contribution in [0.4, 0.5) is 0 Å². The maximum atomic E-state index is 13.7. The van der Waals surface area contributed by atoms with E-state index in [1.807, 2.05) is 6.08 Å². The lowest BCUT2D eigenvalue weighted by Gasteiger charge is -2.44. The average molecular weight is 940 g/mol. The SMILES string of the molecule is C=Cc1c(C)c2cc3nc(c(C)c4cc(C)c(cc5nc(cc1[nH]2)C(C)=C5CC)[nH]4)[C@@H](CCC(=O)N(C)CCOCCO[C@@H]1O[C@H](COC(C)=O)[C@@H](OC(C)=O)[C@H](OC(C)=O)[C@H]1OC(C)=O)[C@@H]3C. The lowest BCUT2D eigenvalue weighted by Crippen LogP contribution is -2.63. The molecule has 68 heavy (non-hydrogen) atoms. The van der Waals surface area contributed by atoms with Crippen molar-refractivity contribution in [3.05, 3.63) is 75.9 Å². The summed E-state index contributed by atoms with van der Waals surface area (Å²) in [5.41, 5.74) is 14.1. The second kappa shape index (κ2) is 22.3. The number of nitrogens with zero attached hydrogens (tertiary/aromatic N) is 3. The number of carbonyl (C=O) groups is 5. The molecule has 3 aliphatic rings. The predicted octanol–water partition coefficient (Wildman–Crippen LogP) is 7.47. The number of esters is 4. The number of H-pyrrole nitrogens is 2. The van der Waals surface area contributed by atoms with Crippen molar-refractivity contribution >= 4 is 69.1 Å². The van der Waals surface area contributed by atoms with E-state index in [1.165, 1.54) is 12.5 Å². The fourth-order valence-corrected chi connectivity index (χ4v) is 9.12. The number of aryl methyl sites for hydroxylation is 3. The number of rotatable bonds is 17. The van der Waals surface area contributed by atoms with Crippen molar-refractivity contribution in [3.8, 4) is 0 Å². The Morgan fingerprint density at radius 2 is 1.43 bits per heavy atom. The molecule has 3 aromatic heterocycles. The molecule has 8 bridgehead atoms. The second-order valence-corrected chi connectivity index (χ2v) is 17.6. The van der Waals surface area contributed by atoms with Gasteiger partial charge in [0, 0.05) is 98.6 Å². The van der Waals surface area contributed by atoms with E-state index in [0.717, 1.165) is 99.9 Å². The van der Waals surface area contributed by atoms with Gasteiger partial charge in [-0.3, -0.25) is 29.0 Å². The van der Waals surface area contributed by atoms with Gasteiger partial charge in [-0.25, -0.2) is 4.98 Å². The molecule has 17 heteroatoms. The largest absolute Gasteiger partial charge is 0.463 e. The topological polar surface area (TPSA) is 211 Å². The van der Waals surface area contributed by atoms with Crippen LogP contribution in [0, 0.1) is 20.8 Å². The normalized spacial score (nSPS) is 21.2. The molecule has 0 aliphatic carbocycles. The van der Waals surface area contributed by atoms with Gasteiger partial charge in [-0.1, -0.05) is 26.5 Å². The zero-order valence-corrected chi connectivity index (χ0v) is 41.0. The molecule has 0 radical (unpaired) electrons. The summed E-state index contributed by atoms with van der Waals surface area (Å²) in [4.78, 5) is 81.1. The van der Waals surface area contributed by atoms with Crippen LogP contribution < -0.4 is 0 Å². The van der Waals surface area contributed by atoms with Crippen LogP contribution in [0.15, 0.2) is 30.8 Å². The zero-order chi connectivity index (χ0) is 49.6. The van der Waals surface area contributed by atoms with Crippen LogP contribution in [0.5, 0.6) is 0 Å². The number of allylic oxidation sites excluding steroid dienone is 2. The van der Waals surface area contributed by atoms with Gasteiger partial charge in [-0.2, -0.15) is 0 Å². The molecule has 0 unspecified atom stereocenters. The summed E-state index contributed by atoms with van der Waals surface area (Å²) in [6, 6.07) is 8.53. The highest BCUT2D eigenvalue weighted by atomic mass is 16.7. The van der Waals surface area contributed by atoms with E-state index in [9.17, 15) is 24.0 Å². The lowest BCUT2D eigenvalue weighted by molar-refractivity contribution is -0.309. The Hall–Kier alpha value is -6.17. The Labute approximate surface area is 396 Å². The summed E-state index contributed by atoms with van der Waals surface area (Å²) in [6.45, 7) is 21.6. The molecular formula is C51H65N5O12. The maximum absolute atomic E-state index is 13.7. The van der Waals surface area contributed by atoms with Crippen molar-refractivity contribution in [1.29, 1.82) is 0 Å². The van der Waals surface area contributed by atoms with Crippen molar-refractivity contribution in [1.82, 2.24) is 24.8 Å². The first-order chi connectivity index (χ1) is 32.3. The monoisotopic (exact) mass is 939 g/mol. The van der Waals surface area contributed by atoms with E-state index >= 15 is 0 Å². The minimum atomic E-state index is -1.35. The van der Waals surface area contributed by atoms with E-state index in [2.05, 4.69) is 82.4 Å². The predicted molar refractivity (Wildman–Crippen MR) is 255 cm³/mol. The van der Waals surface area contributed by atoms with Crippen LogP contribution in [0.25, 0.3) is 39.3 Å². The number of fused-ring (bicyclic) bond motifs is 8. The van der Waals surface area contributed by atoms with Crippen LogP contribution in [0.3, 0.4) is 0 Å². The van der Waals surface area contributed by atoms with E-state index in [4.69, 9.17) is 43.1 Å². The molecule has 3 aromatic rings. The van der Waals surface area contributed by atoms with E-state index in [1.54, 1.807) is 11.9 Å². The molecule has 1 saturated heterocycles. The zero-order valence-electron chi connectivity index (χ0n) is 41.0. The van der Waals surface area contributed by atoms with E-state index in [-0.39, 0.29) is 50.6 Å². The molecule has 1 fully saturated rings. The van der Waals surface area contributed by atoms with Gasteiger partial charge in [-0.05, 0) is 92.6 Å². The molecule has 2 N–H and O–H groups in total. The highest BCUT2D eigenvalue weighted by Crippen LogP contribution is 2.42. The van der Waals surface area contributed by atoms with Gasteiger partial charge >= 0.3 is 23.9 Å². The number of amides is 1. The van der Waals surface area contributed by atoms with Gasteiger partial charge in [0.15, 0.2) is 24.6 Å². The first kappa shape index (κ1) is 51.2. The molecule has 0 saturated carbocycles. The number of carbonyl (C=O) groups excluding carboxylic acids is 5. The van der Waals surface area contributed by atoms with Gasteiger partial charge in [0.25, 0.3) is 0 Å². The summed E-state index contributed by atoms with van der Waals surface area (Å²) in [7, 11) is 1.73. The fourth-order valence-electron chi connectivity index (χ4n) is 9.12. The van der Waals surface area contributed by atoms with Gasteiger partial charge < -0.3 is 48.0 Å². The first-order valence-electron chi connectivity index (χ1n) is 23.1. The molecule has 3 aliphatic heterocycles. The smallest absolute Gasteiger partial charge is 0.303 e. The summed E-state index contributed by atoms with van der Waals surface area (Å²) < 4.78 is 39.2. The molecule has 6 heterocycles. The van der Waals surface area contributed by atoms with Crippen LogP contribution >= 0.6 is 0 Å². The number of ether oxygens (including phenoxy) is 7. The van der Waals surface area contributed by atoms with Crippen LogP contribution in [0.1, 0.15) is 125 Å². The molecule has 0 spiro atoms. The lowest BCUT2D eigenvalue weighted by atomic mass is 9.86. The van der Waals surface area contributed by atoms with Crippen LogP contribution in [0.2, 0.25) is 0 Å². The number of hydrogen-bond donors (Lipinski definition) is 2. The van der Waals surface area contributed by atoms with Crippen molar-refractivity contribution in [2.45, 2.75) is 131 Å². The van der Waals surface area contributed by atoms with Gasteiger partial charge in [0.2, 0.25) is 5.91 Å². The Morgan fingerprint density at radius 1 is 0.779 bits per heavy atom. The van der Waals surface area contributed by atoms with Gasteiger partial charge in [-0.15, -0.1) is 0 Å². The minimum Gasteiger partial charge on any atom is -0.463 e. The van der Waals surface area contributed by atoms with Crippen LogP contribution in [-0.4, -0.2) is 125 Å². The Kier molecular flexibility index (Phi) is 16.8. The third kappa shape index (κ3) is 11.7. The van der Waals surface area contributed by atoms with Crippen molar-refractivity contribution < 1.29 is 57.1 Å². The Morgan fingerprint density at radius 3 is 2.09 bits per heavy atom. The number of nitrogens with one attached hydrogen (secondary N) is 2. The van der Waals surface area contributed by atoms with Crippen molar-refractivity contribution in [2.75, 3.05) is 40.0 Å². The molecule has 0 aromatic carbocycles. The van der Waals surface area contributed by atoms with Crippen LogP contribution in [-0.2, 0) is 57.1 Å². The highest BCUT2D eigenvalue weighted by Gasteiger charge is 2.52. The highest BCUT2D eigenvalue weighted by molar-refractivity contribution is 5.93.